The Hall–Kier alpha value is -1.11. The SMILES string of the molecule is C#Cc1csc(-c2ccc(Br)cc2)n1. The van der Waals surface area contributed by atoms with Crippen molar-refractivity contribution < 1.29 is 0 Å². The lowest BCUT2D eigenvalue weighted by Gasteiger charge is -1.94. The first-order valence-electron chi connectivity index (χ1n) is 3.97. The molecule has 0 N–H and O–H groups in total. The topological polar surface area (TPSA) is 12.9 Å². The van der Waals surface area contributed by atoms with Gasteiger partial charge in [-0.1, -0.05) is 28.1 Å². The van der Waals surface area contributed by atoms with Gasteiger partial charge in [0.15, 0.2) is 0 Å². The molecule has 0 spiro atoms. The Balaban J connectivity index is 2.40. The molecule has 0 unspecified atom stereocenters. The van der Waals surface area contributed by atoms with Crippen LogP contribution >= 0.6 is 27.3 Å². The van der Waals surface area contributed by atoms with Crippen LogP contribution in [0.3, 0.4) is 0 Å². The highest BCUT2D eigenvalue weighted by Crippen LogP contribution is 2.24. The summed E-state index contributed by atoms with van der Waals surface area (Å²) in [5.41, 5.74) is 1.80. The van der Waals surface area contributed by atoms with E-state index in [1.165, 1.54) is 0 Å². The van der Waals surface area contributed by atoms with E-state index in [1.807, 2.05) is 29.6 Å². The molecule has 0 radical (unpaired) electrons. The largest absolute Gasteiger partial charge is 0.228 e. The molecule has 68 valence electrons. The molecule has 0 fully saturated rings. The third-order valence-corrected chi connectivity index (χ3v) is 3.16. The average Bonchev–Trinajstić information content (AvgIpc) is 2.67. The van der Waals surface area contributed by atoms with Gasteiger partial charge in [-0.2, -0.15) is 0 Å². The van der Waals surface area contributed by atoms with Crippen LogP contribution < -0.4 is 0 Å². The number of hydrogen-bond donors (Lipinski definition) is 0. The number of thiazole rings is 1. The van der Waals surface area contributed by atoms with E-state index >= 15 is 0 Å². The summed E-state index contributed by atoms with van der Waals surface area (Å²) in [7, 11) is 0. The molecule has 2 rings (SSSR count). The van der Waals surface area contributed by atoms with Crippen LogP contribution in [0, 0.1) is 12.3 Å². The summed E-state index contributed by atoms with van der Waals surface area (Å²) in [5.74, 6) is 2.52. The van der Waals surface area contributed by atoms with Crippen molar-refractivity contribution in [3.05, 3.63) is 39.8 Å². The second-order valence-corrected chi connectivity index (χ2v) is 4.46. The molecular formula is C11H6BrNS. The van der Waals surface area contributed by atoms with Crippen molar-refractivity contribution in [1.82, 2.24) is 4.98 Å². The molecule has 0 atom stereocenters. The molecule has 2 aromatic rings. The zero-order valence-electron chi connectivity index (χ0n) is 7.20. The third-order valence-electron chi connectivity index (χ3n) is 1.74. The molecular weight excluding hydrogens is 258 g/mol. The zero-order valence-corrected chi connectivity index (χ0v) is 9.60. The van der Waals surface area contributed by atoms with Crippen molar-refractivity contribution in [2.24, 2.45) is 0 Å². The van der Waals surface area contributed by atoms with Gasteiger partial charge in [-0.3, -0.25) is 0 Å². The highest BCUT2D eigenvalue weighted by Gasteiger charge is 2.02. The molecule has 0 bridgehead atoms. The van der Waals surface area contributed by atoms with Crippen molar-refractivity contribution in [3.63, 3.8) is 0 Å². The molecule has 0 amide bonds. The summed E-state index contributed by atoms with van der Waals surface area (Å²) in [4.78, 5) is 4.30. The van der Waals surface area contributed by atoms with Gasteiger partial charge < -0.3 is 0 Å². The molecule has 1 aromatic carbocycles. The van der Waals surface area contributed by atoms with Gasteiger partial charge in [0.1, 0.15) is 10.7 Å². The van der Waals surface area contributed by atoms with Gasteiger partial charge in [0.2, 0.25) is 0 Å². The summed E-state index contributed by atoms with van der Waals surface area (Å²) in [5, 5.41) is 2.85. The van der Waals surface area contributed by atoms with E-state index in [0.717, 1.165) is 15.0 Å². The Morgan fingerprint density at radius 2 is 2.00 bits per heavy atom. The normalized spacial score (nSPS) is 9.71. The first-order valence-corrected chi connectivity index (χ1v) is 5.65. The predicted molar refractivity (Wildman–Crippen MR) is 63.2 cm³/mol. The molecule has 14 heavy (non-hydrogen) atoms. The second kappa shape index (κ2) is 3.95. The van der Waals surface area contributed by atoms with Crippen LogP contribution in [0.4, 0.5) is 0 Å². The number of terminal acetylenes is 1. The first-order chi connectivity index (χ1) is 6.79. The Morgan fingerprint density at radius 1 is 1.29 bits per heavy atom. The maximum absolute atomic E-state index is 5.25. The highest BCUT2D eigenvalue weighted by atomic mass is 79.9. The van der Waals surface area contributed by atoms with Crippen LogP contribution in [0.5, 0.6) is 0 Å². The van der Waals surface area contributed by atoms with Gasteiger partial charge in [0.25, 0.3) is 0 Å². The van der Waals surface area contributed by atoms with Gasteiger partial charge in [0.05, 0.1) is 0 Å². The number of nitrogens with zero attached hydrogens (tertiary/aromatic N) is 1. The Kier molecular flexibility index (Phi) is 2.67. The summed E-state index contributed by atoms with van der Waals surface area (Å²) in [6.45, 7) is 0. The smallest absolute Gasteiger partial charge is 0.124 e. The number of rotatable bonds is 1. The molecule has 0 saturated heterocycles. The summed E-state index contributed by atoms with van der Waals surface area (Å²) in [6, 6.07) is 8.02. The van der Waals surface area contributed by atoms with Crippen molar-refractivity contribution in [3.8, 4) is 22.9 Å². The maximum atomic E-state index is 5.25. The van der Waals surface area contributed by atoms with Crippen molar-refractivity contribution >= 4 is 27.3 Å². The van der Waals surface area contributed by atoms with E-state index in [1.54, 1.807) is 11.3 Å². The van der Waals surface area contributed by atoms with E-state index in [-0.39, 0.29) is 0 Å². The lowest BCUT2D eigenvalue weighted by molar-refractivity contribution is 1.37. The highest BCUT2D eigenvalue weighted by molar-refractivity contribution is 9.10. The lowest BCUT2D eigenvalue weighted by atomic mass is 10.2. The van der Waals surface area contributed by atoms with E-state index in [9.17, 15) is 0 Å². The second-order valence-electron chi connectivity index (χ2n) is 2.69. The van der Waals surface area contributed by atoms with Crippen LogP contribution in [0.1, 0.15) is 5.69 Å². The predicted octanol–water partition coefficient (Wildman–Crippen LogP) is 3.55. The van der Waals surface area contributed by atoms with Gasteiger partial charge in [-0.15, -0.1) is 17.8 Å². The fourth-order valence-corrected chi connectivity index (χ4v) is 2.10. The van der Waals surface area contributed by atoms with E-state index in [4.69, 9.17) is 6.42 Å². The Labute approximate surface area is 94.9 Å². The Bertz CT molecular complexity index is 479. The number of benzene rings is 1. The zero-order chi connectivity index (χ0) is 9.97. The van der Waals surface area contributed by atoms with Crippen molar-refractivity contribution in [2.75, 3.05) is 0 Å². The number of hydrogen-bond acceptors (Lipinski definition) is 2. The Morgan fingerprint density at radius 3 is 2.57 bits per heavy atom. The molecule has 1 aromatic heterocycles. The van der Waals surface area contributed by atoms with Crippen molar-refractivity contribution in [1.29, 1.82) is 0 Å². The average molecular weight is 264 g/mol. The molecule has 3 heteroatoms. The fraction of sp³-hybridized carbons (Fsp3) is 0. The summed E-state index contributed by atoms with van der Waals surface area (Å²) >= 11 is 4.95. The van der Waals surface area contributed by atoms with Gasteiger partial charge >= 0.3 is 0 Å². The molecule has 1 nitrogen and oxygen atoms in total. The molecule has 0 saturated carbocycles. The standard InChI is InChI=1S/C11H6BrNS/c1-2-10-7-14-11(13-10)8-3-5-9(12)6-4-8/h1,3-7H. The molecule has 0 aliphatic rings. The molecule has 0 aliphatic carbocycles. The monoisotopic (exact) mass is 263 g/mol. The van der Waals surface area contributed by atoms with Crippen LogP contribution in [0.25, 0.3) is 10.6 Å². The number of halogens is 1. The number of aromatic nitrogens is 1. The third kappa shape index (κ3) is 1.87. The van der Waals surface area contributed by atoms with Crippen LogP contribution in [0.2, 0.25) is 0 Å². The van der Waals surface area contributed by atoms with Crippen LogP contribution in [-0.4, -0.2) is 4.98 Å². The maximum Gasteiger partial charge on any atom is 0.124 e. The summed E-state index contributed by atoms with van der Waals surface area (Å²) < 4.78 is 1.06. The van der Waals surface area contributed by atoms with Crippen molar-refractivity contribution in [2.45, 2.75) is 0 Å². The minimum atomic E-state index is 0.702. The molecule has 1 heterocycles. The minimum Gasteiger partial charge on any atom is -0.228 e. The summed E-state index contributed by atoms with van der Waals surface area (Å²) in [6.07, 6.45) is 5.25. The van der Waals surface area contributed by atoms with Gasteiger partial charge in [-0.25, -0.2) is 4.98 Å². The van der Waals surface area contributed by atoms with Gasteiger partial charge in [-0.05, 0) is 18.1 Å². The molecule has 0 aliphatic heterocycles. The first kappa shape index (κ1) is 9.45. The van der Waals surface area contributed by atoms with Crippen LogP contribution in [0.15, 0.2) is 34.1 Å². The van der Waals surface area contributed by atoms with E-state index < -0.39 is 0 Å². The van der Waals surface area contributed by atoms with Crippen LogP contribution in [-0.2, 0) is 0 Å². The lowest BCUT2D eigenvalue weighted by Crippen LogP contribution is -1.76. The van der Waals surface area contributed by atoms with E-state index in [2.05, 4.69) is 26.8 Å². The minimum absolute atomic E-state index is 0.702. The van der Waals surface area contributed by atoms with Gasteiger partial charge in [0, 0.05) is 15.4 Å². The fourth-order valence-electron chi connectivity index (χ4n) is 1.07. The van der Waals surface area contributed by atoms with E-state index in [0.29, 0.717) is 5.69 Å². The quantitative estimate of drug-likeness (QED) is 0.718.